The van der Waals surface area contributed by atoms with E-state index in [0.717, 1.165) is 5.57 Å². The Morgan fingerprint density at radius 3 is 2.12 bits per heavy atom. The molecule has 16 heavy (non-hydrogen) atoms. The van der Waals surface area contributed by atoms with Gasteiger partial charge < -0.3 is 10.2 Å². The summed E-state index contributed by atoms with van der Waals surface area (Å²) in [6.07, 6.45) is 0.711. The number of aliphatic carboxylic acids is 2. The smallest absolute Gasteiger partial charge is 0.304 e. The number of hydrogen-bond donors (Lipinski definition) is 2. The van der Waals surface area contributed by atoms with Crippen LogP contribution in [0, 0.1) is 0 Å². The van der Waals surface area contributed by atoms with E-state index in [9.17, 15) is 9.59 Å². The summed E-state index contributed by atoms with van der Waals surface area (Å²) < 4.78 is 0. The SMILES string of the molecule is C=C(C)CN(CCCC(=O)O)CCC(=O)O. The van der Waals surface area contributed by atoms with Gasteiger partial charge >= 0.3 is 11.9 Å². The van der Waals surface area contributed by atoms with Gasteiger partial charge in [-0.1, -0.05) is 12.2 Å². The summed E-state index contributed by atoms with van der Waals surface area (Å²) in [6.45, 7) is 7.27. The Kier molecular flexibility index (Phi) is 7.20. The van der Waals surface area contributed by atoms with Gasteiger partial charge in [-0.05, 0) is 19.9 Å². The van der Waals surface area contributed by atoms with E-state index in [2.05, 4.69) is 6.58 Å². The fourth-order valence-corrected chi connectivity index (χ4v) is 1.36. The summed E-state index contributed by atoms with van der Waals surface area (Å²) >= 11 is 0. The molecule has 0 atom stereocenters. The average Bonchev–Trinajstić information content (AvgIpc) is 2.12. The van der Waals surface area contributed by atoms with E-state index in [1.165, 1.54) is 0 Å². The molecule has 0 radical (unpaired) electrons. The van der Waals surface area contributed by atoms with Crippen molar-refractivity contribution in [3.63, 3.8) is 0 Å². The highest BCUT2D eigenvalue weighted by atomic mass is 16.4. The third-order valence-corrected chi connectivity index (χ3v) is 2.00. The lowest BCUT2D eigenvalue weighted by Crippen LogP contribution is -2.29. The molecule has 0 aliphatic carbocycles. The van der Waals surface area contributed by atoms with Gasteiger partial charge in [-0.25, -0.2) is 0 Å². The van der Waals surface area contributed by atoms with Crippen LogP contribution in [0.3, 0.4) is 0 Å². The number of rotatable bonds is 9. The molecular weight excluding hydrogens is 210 g/mol. The predicted molar refractivity (Wildman–Crippen MR) is 60.4 cm³/mol. The van der Waals surface area contributed by atoms with Crippen LogP contribution in [0.1, 0.15) is 26.2 Å². The zero-order valence-corrected chi connectivity index (χ0v) is 9.61. The van der Waals surface area contributed by atoms with Crippen LogP contribution in [0.25, 0.3) is 0 Å². The molecule has 0 rings (SSSR count). The molecule has 2 N–H and O–H groups in total. The molecule has 0 aliphatic rings. The number of nitrogens with zero attached hydrogens (tertiary/aromatic N) is 1. The second-order valence-electron chi connectivity index (χ2n) is 3.87. The third kappa shape index (κ3) is 9.21. The van der Waals surface area contributed by atoms with Gasteiger partial charge in [0.2, 0.25) is 0 Å². The molecule has 92 valence electrons. The molecule has 0 fully saturated rings. The van der Waals surface area contributed by atoms with Gasteiger partial charge in [-0.15, -0.1) is 0 Å². The van der Waals surface area contributed by atoms with Gasteiger partial charge in [0.1, 0.15) is 0 Å². The van der Waals surface area contributed by atoms with Gasteiger partial charge in [0.05, 0.1) is 6.42 Å². The first kappa shape index (κ1) is 14.6. The van der Waals surface area contributed by atoms with Crippen molar-refractivity contribution in [1.29, 1.82) is 0 Å². The first-order valence-corrected chi connectivity index (χ1v) is 5.22. The summed E-state index contributed by atoms with van der Waals surface area (Å²) in [6, 6.07) is 0. The molecule has 0 unspecified atom stereocenters. The monoisotopic (exact) mass is 229 g/mol. The van der Waals surface area contributed by atoms with Crippen LogP contribution in [0.2, 0.25) is 0 Å². The topological polar surface area (TPSA) is 77.8 Å². The van der Waals surface area contributed by atoms with Crippen molar-refractivity contribution in [3.8, 4) is 0 Å². The molecular formula is C11H19NO4. The van der Waals surface area contributed by atoms with E-state index < -0.39 is 11.9 Å². The lowest BCUT2D eigenvalue weighted by Gasteiger charge is -2.21. The number of carboxylic acids is 2. The van der Waals surface area contributed by atoms with E-state index in [0.29, 0.717) is 26.1 Å². The summed E-state index contributed by atoms with van der Waals surface area (Å²) in [5, 5.41) is 17.1. The molecule has 5 nitrogen and oxygen atoms in total. The van der Waals surface area contributed by atoms with Crippen LogP contribution in [-0.4, -0.2) is 46.7 Å². The van der Waals surface area contributed by atoms with Crippen molar-refractivity contribution in [2.45, 2.75) is 26.2 Å². The Balaban J connectivity index is 3.94. The summed E-state index contributed by atoms with van der Waals surface area (Å²) in [4.78, 5) is 22.7. The standard InChI is InChI=1S/C11H19NO4/c1-9(2)8-12(7-5-11(15)16)6-3-4-10(13)14/h1,3-8H2,2H3,(H,13,14)(H,15,16). The van der Waals surface area contributed by atoms with Crippen molar-refractivity contribution >= 4 is 11.9 Å². The normalized spacial score (nSPS) is 10.4. The Morgan fingerprint density at radius 2 is 1.69 bits per heavy atom. The average molecular weight is 229 g/mol. The van der Waals surface area contributed by atoms with Crippen molar-refractivity contribution in [1.82, 2.24) is 4.90 Å². The lowest BCUT2D eigenvalue weighted by molar-refractivity contribution is -0.138. The molecule has 0 saturated carbocycles. The first-order valence-electron chi connectivity index (χ1n) is 5.22. The zero-order valence-electron chi connectivity index (χ0n) is 9.61. The number of carbonyl (C=O) groups is 2. The number of hydrogen-bond acceptors (Lipinski definition) is 3. The van der Waals surface area contributed by atoms with E-state index >= 15 is 0 Å². The molecule has 0 bridgehead atoms. The molecule has 5 heteroatoms. The second-order valence-corrected chi connectivity index (χ2v) is 3.87. The van der Waals surface area contributed by atoms with Crippen molar-refractivity contribution < 1.29 is 19.8 Å². The molecule has 0 amide bonds. The largest absolute Gasteiger partial charge is 0.481 e. The quantitative estimate of drug-likeness (QED) is 0.581. The lowest BCUT2D eigenvalue weighted by atomic mass is 10.2. The highest BCUT2D eigenvalue weighted by molar-refractivity contribution is 5.67. The Hall–Kier alpha value is -1.36. The maximum absolute atomic E-state index is 10.4. The summed E-state index contributed by atoms with van der Waals surface area (Å²) in [5.74, 6) is -1.67. The molecule has 0 saturated heterocycles. The summed E-state index contributed by atoms with van der Waals surface area (Å²) in [7, 11) is 0. The maximum Gasteiger partial charge on any atom is 0.304 e. The van der Waals surface area contributed by atoms with Crippen LogP contribution < -0.4 is 0 Å². The van der Waals surface area contributed by atoms with Crippen LogP contribution in [0.15, 0.2) is 12.2 Å². The molecule has 0 spiro atoms. The van der Waals surface area contributed by atoms with Crippen LogP contribution in [-0.2, 0) is 9.59 Å². The number of carboxylic acid groups (broad SMARTS) is 2. The van der Waals surface area contributed by atoms with Crippen molar-refractivity contribution in [3.05, 3.63) is 12.2 Å². The van der Waals surface area contributed by atoms with Crippen LogP contribution in [0.5, 0.6) is 0 Å². The highest BCUT2D eigenvalue weighted by Crippen LogP contribution is 2.01. The van der Waals surface area contributed by atoms with Crippen LogP contribution >= 0.6 is 0 Å². The first-order chi connectivity index (χ1) is 7.41. The van der Waals surface area contributed by atoms with Crippen LogP contribution in [0.4, 0.5) is 0 Å². The van der Waals surface area contributed by atoms with E-state index in [1.807, 2.05) is 11.8 Å². The minimum atomic E-state index is -0.843. The molecule has 0 aromatic heterocycles. The summed E-state index contributed by atoms with van der Waals surface area (Å²) in [5.41, 5.74) is 0.945. The Morgan fingerprint density at radius 1 is 1.12 bits per heavy atom. The molecule has 0 aliphatic heterocycles. The highest BCUT2D eigenvalue weighted by Gasteiger charge is 2.08. The Labute approximate surface area is 95.4 Å². The van der Waals surface area contributed by atoms with Gasteiger partial charge in [0.25, 0.3) is 0 Å². The second kappa shape index (κ2) is 7.87. The Bertz CT molecular complexity index is 263. The van der Waals surface area contributed by atoms with E-state index in [4.69, 9.17) is 10.2 Å². The third-order valence-electron chi connectivity index (χ3n) is 2.00. The fourth-order valence-electron chi connectivity index (χ4n) is 1.36. The minimum Gasteiger partial charge on any atom is -0.481 e. The van der Waals surface area contributed by atoms with Crippen molar-refractivity contribution in [2.24, 2.45) is 0 Å². The maximum atomic E-state index is 10.4. The van der Waals surface area contributed by atoms with Gasteiger partial charge in [0.15, 0.2) is 0 Å². The van der Waals surface area contributed by atoms with Gasteiger partial charge in [-0.2, -0.15) is 0 Å². The zero-order chi connectivity index (χ0) is 12.6. The molecule has 0 aromatic carbocycles. The predicted octanol–water partition coefficient (Wildman–Crippen LogP) is 1.20. The molecule has 0 aromatic rings. The van der Waals surface area contributed by atoms with Crippen molar-refractivity contribution in [2.75, 3.05) is 19.6 Å². The fraction of sp³-hybridized carbons (Fsp3) is 0.636. The molecule has 0 heterocycles. The van der Waals surface area contributed by atoms with Gasteiger partial charge in [-0.3, -0.25) is 14.5 Å². The minimum absolute atomic E-state index is 0.0698. The van der Waals surface area contributed by atoms with Gasteiger partial charge in [0, 0.05) is 19.5 Å². The van der Waals surface area contributed by atoms with E-state index in [1.54, 1.807) is 0 Å². The van der Waals surface area contributed by atoms with E-state index in [-0.39, 0.29) is 12.8 Å².